The monoisotopic (exact) mass is 278 g/mol. The zero-order valence-electron chi connectivity index (χ0n) is 12.6. The topological polar surface area (TPSA) is 59.0 Å². The third-order valence-electron chi connectivity index (χ3n) is 3.92. The van der Waals surface area contributed by atoms with Crippen LogP contribution in [0.4, 0.5) is 0 Å². The lowest BCUT2D eigenvalue weighted by Gasteiger charge is -2.23. The number of rotatable bonds is 6. The van der Waals surface area contributed by atoms with E-state index < -0.39 is 0 Å². The Labute approximate surface area is 121 Å². The van der Waals surface area contributed by atoms with E-state index in [2.05, 4.69) is 22.7 Å². The van der Waals surface area contributed by atoms with Crippen LogP contribution in [0.1, 0.15) is 55.7 Å². The smallest absolute Gasteiger partial charge is 0.269 e. The third-order valence-corrected chi connectivity index (χ3v) is 3.92. The van der Waals surface area contributed by atoms with Gasteiger partial charge in [-0.2, -0.15) is 5.10 Å². The number of aryl methyl sites for hydroxylation is 2. The Kier molecular flexibility index (Phi) is 5.59. The van der Waals surface area contributed by atoms with E-state index in [9.17, 15) is 4.79 Å². The molecule has 1 amide bonds. The Morgan fingerprint density at radius 2 is 2.35 bits per heavy atom. The summed E-state index contributed by atoms with van der Waals surface area (Å²) in [5.74, 6) is -0.00476. The molecule has 0 radical (unpaired) electrons. The van der Waals surface area contributed by atoms with Crippen LogP contribution in [0.3, 0.4) is 0 Å². The Morgan fingerprint density at radius 3 is 3.00 bits per heavy atom. The van der Waals surface area contributed by atoms with Gasteiger partial charge in [-0.15, -0.1) is 0 Å². The maximum atomic E-state index is 12.2. The minimum Gasteiger partial charge on any atom is -0.351 e. The van der Waals surface area contributed by atoms with Crippen molar-refractivity contribution in [1.82, 2.24) is 20.4 Å². The molecule has 2 N–H and O–H groups in total. The molecular formula is C15H26N4O. The summed E-state index contributed by atoms with van der Waals surface area (Å²) in [6.07, 6.45) is 5.67. The van der Waals surface area contributed by atoms with Crippen molar-refractivity contribution in [2.24, 2.45) is 0 Å². The molecule has 112 valence electrons. The number of carbonyl (C=O) groups is 1. The average molecular weight is 278 g/mol. The van der Waals surface area contributed by atoms with Gasteiger partial charge < -0.3 is 10.6 Å². The quantitative estimate of drug-likeness (QED) is 0.833. The van der Waals surface area contributed by atoms with Crippen molar-refractivity contribution in [3.05, 3.63) is 17.5 Å². The molecule has 1 aliphatic rings. The fourth-order valence-corrected chi connectivity index (χ4v) is 2.69. The van der Waals surface area contributed by atoms with Crippen molar-refractivity contribution in [2.45, 2.75) is 58.5 Å². The summed E-state index contributed by atoms with van der Waals surface area (Å²) in [6, 6.07) is 2.46. The van der Waals surface area contributed by atoms with E-state index >= 15 is 0 Å². The highest BCUT2D eigenvalue weighted by atomic mass is 16.2. The highest BCUT2D eigenvalue weighted by Crippen LogP contribution is 2.10. The van der Waals surface area contributed by atoms with Crippen LogP contribution in [0, 0.1) is 0 Å². The molecule has 0 spiro atoms. The molecule has 20 heavy (non-hydrogen) atoms. The molecule has 2 rings (SSSR count). The largest absolute Gasteiger partial charge is 0.351 e. The van der Waals surface area contributed by atoms with Gasteiger partial charge in [0.1, 0.15) is 5.69 Å². The highest BCUT2D eigenvalue weighted by Gasteiger charge is 2.15. The van der Waals surface area contributed by atoms with Crippen LogP contribution < -0.4 is 10.6 Å². The lowest BCUT2D eigenvalue weighted by Crippen LogP contribution is -2.37. The van der Waals surface area contributed by atoms with E-state index in [-0.39, 0.29) is 5.91 Å². The summed E-state index contributed by atoms with van der Waals surface area (Å²) in [5.41, 5.74) is 1.66. The highest BCUT2D eigenvalue weighted by molar-refractivity contribution is 5.92. The van der Waals surface area contributed by atoms with E-state index in [0.29, 0.717) is 11.7 Å². The van der Waals surface area contributed by atoms with Gasteiger partial charge in [0.25, 0.3) is 5.91 Å². The normalized spacial score (nSPS) is 19.0. The van der Waals surface area contributed by atoms with E-state index in [1.807, 2.05) is 13.0 Å². The molecule has 1 aromatic rings. The molecule has 2 heterocycles. The first-order chi connectivity index (χ1) is 9.74. The lowest BCUT2D eigenvalue weighted by molar-refractivity contribution is 0.0941. The maximum Gasteiger partial charge on any atom is 0.269 e. The summed E-state index contributed by atoms with van der Waals surface area (Å²) >= 11 is 0. The van der Waals surface area contributed by atoms with Gasteiger partial charge in [0.2, 0.25) is 0 Å². The van der Waals surface area contributed by atoms with E-state index in [0.717, 1.165) is 38.2 Å². The number of amides is 1. The first-order valence-electron chi connectivity index (χ1n) is 7.82. The zero-order chi connectivity index (χ0) is 14.4. The van der Waals surface area contributed by atoms with Crippen LogP contribution >= 0.6 is 0 Å². The number of aromatic nitrogens is 2. The van der Waals surface area contributed by atoms with Crippen LogP contribution in [0.15, 0.2) is 6.07 Å². The number of nitrogens with zero attached hydrogens (tertiary/aromatic N) is 2. The van der Waals surface area contributed by atoms with Crippen molar-refractivity contribution in [3.8, 4) is 0 Å². The van der Waals surface area contributed by atoms with Crippen molar-refractivity contribution in [1.29, 1.82) is 0 Å². The summed E-state index contributed by atoms with van der Waals surface area (Å²) in [4.78, 5) is 12.2. The minimum absolute atomic E-state index is 0.00476. The second-order valence-corrected chi connectivity index (χ2v) is 5.38. The predicted octanol–water partition coefficient (Wildman–Crippen LogP) is 1.73. The number of carbonyl (C=O) groups excluding carboxylic acids is 1. The molecule has 0 bridgehead atoms. The summed E-state index contributed by atoms with van der Waals surface area (Å²) < 4.78 is 1.78. The van der Waals surface area contributed by atoms with Gasteiger partial charge in [-0.3, -0.25) is 9.48 Å². The van der Waals surface area contributed by atoms with Gasteiger partial charge in [-0.25, -0.2) is 0 Å². The number of nitrogens with one attached hydrogen (secondary N) is 2. The molecule has 1 aromatic heterocycles. The molecule has 0 saturated carbocycles. The predicted molar refractivity (Wildman–Crippen MR) is 79.9 cm³/mol. The molecule has 0 aliphatic carbocycles. The van der Waals surface area contributed by atoms with E-state index in [4.69, 9.17) is 0 Å². The second-order valence-electron chi connectivity index (χ2n) is 5.38. The van der Waals surface area contributed by atoms with Gasteiger partial charge in [0.15, 0.2) is 0 Å². The second kappa shape index (κ2) is 7.43. The van der Waals surface area contributed by atoms with Gasteiger partial charge >= 0.3 is 0 Å². The summed E-state index contributed by atoms with van der Waals surface area (Å²) in [5, 5.41) is 10.9. The first-order valence-corrected chi connectivity index (χ1v) is 7.82. The average Bonchev–Trinajstić information content (AvgIpc) is 2.91. The summed E-state index contributed by atoms with van der Waals surface area (Å²) in [7, 11) is 0. The Morgan fingerprint density at radius 1 is 1.50 bits per heavy atom. The van der Waals surface area contributed by atoms with Crippen LogP contribution in [0.25, 0.3) is 0 Å². The van der Waals surface area contributed by atoms with Gasteiger partial charge in [0.05, 0.1) is 5.69 Å². The third kappa shape index (κ3) is 3.82. The molecule has 1 unspecified atom stereocenters. The van der Waals surface area contributed by atoms with Gasteiger partial charge in [0, 0.05) is 19.1 Å². The van der Waals surface area contributed by atoms with Crippen LogP contribution in [0.2, 0.25) is 0 Å². The maximum absolute atomic E-state index is 12.2. The van der Waals surface area contributed by atoms with Gasteiger partial charge in [-0.1, -0.05) is 13.3 Å². The fraction of sp³-hybridized carbons (Fsp3) is 0.733. The van der Waals surface area contributed by atoms with Crippen LogP contribution in [-0.2, 0) is 13.0 Å². The van der Waals surface area contributed by atoms with Crippen molar-refractivity contribution in [2.75, 3.05) is 13.1 Å². The Hall–Kier alpha value is -1.36. The molecular weight excluding hydrogens is 252 g/mol. The number of hydrogen-bond acceptors (Lipinski definition) is 3. The van der Waals surface area contributed by atoms with E-state index in [1.165, 1.54) is 19.3 Å². The van der Waals surface area contributed by atoms with Gasteiger partial charge in [-0.05, 0) is 45.2 Å². The molecule has 1 aliphatic heterocycles. The molecule has 5 nitrogen and oxygen atoms in total. The van der Waals surface area contributed by atoms with E-state index in [1.54, 1.807) is 4.68 Å². The SMILES string of the molecule is CCc1cc(C(=O)NCCC2CCCCN2)n(CC)n1. The van der Waals surface area contributed by atoms with Crippen LogP contribution in [0.5, 0.6) is 0 Å². The Balaban J connectivity index is 1.83. The first kappa shape index (κ1) is 15.0. The molecule has 1 atom stereocenters. The molecule has 5 heteroatoms. The zero-order valence-corrected chi connectivity index (χ0v) is 12.6. The van der Waals surface area contributed by atoms with Crippen molar-refractivity contribution < 1.29 is 4.79 Å². The fourth-order valence-electron chi connectivity index (χ4n) is 2.69. The van der Waals surface area contributed by atoms with Crippen molar-refractivity contribution >= 4 is 5.91 Å². The molecule has 1 saturated heterocycles. The minimum atomic E-state index is -0.00476. The molecule has 1 fully saturated rings. The number of hydrogen-bond donors (Lipinski definition) is 2. The molecule has 0 aromatic carbocycles. The van der Waals surface area contributed by atoms with Crippen molar-refractivity contribution in [3.63, 3.8) is 0 Å². The lowest BCUT2D eigenvalue weighted by atomic mass is 10.0. The number of piperidine rings is 1. The van der Waals surface area contributed by atoms with Crippen LogP contribution in [-0.4, -0.2) is 34.8 Å². The standard InChI is InChI=1S/C15H26N4O/c1-3-12-11-14(19(4-2)18-12)15(20)17-10-8-13-7-5-6-9-16-13/h11,13,16H,3-10H2,1-2H3,(H,17,20). The summed E-state index contributed by atoms with van der Waals surface area (Å²) in [6.45, 7) is 6.63. The Bertz CT molecular complexity index is 435.